The van der Waals surface area contributed by atoms with Gasteiger partial charge in [0.1, 0.15) is 5.75 Å². The van der Waals surface area contributed by atoms with Crippen molar-refractivity contribution in [1.82, 2.24) is 25.3 Å². The van der Waals surface area contributed by atoms with Crippen LogP contribution in [-0.4, -0.2) is 32.4 Å². The summed E-state index contributed by atoms with van der Waals surface area (Å²) in [5.41, 5.74) is 3.42. The summed E-state index contributed by atoms with van der Waals surface area (Å²) in [4.78, 5) is 2.24. The van der Waals surface area contributed by atoms with Crippen molar-refractivity contribution in [2.45, 2.75) is 32.5 Å². The highest BCUT2D eigenvalue weighted by molar-refractivity contribution is 5.53. The summed E-state index contributed by atoms with van der Waals surface area (Å²) in [6.07, 6.45) is 0.789. The molecule has 1 atom stereocenters. The molecule has 0 amide bonds. The normalized spacial score (nSPS) is 16.4. The van der Waals surface area contributed by atoms with Crippen LogP contribution in [0.15, 0.2) is 57.4 Å². The third-order valence-corrected chi connectivity index (χ3v) is 5.31. The summed E-state index contributed by atoms with van der Waals surface area (Å²) >= 11 is 0. The van der Waals surface area contributed by atoms with E-state index < -0.39 is 0 Å². The van der Waals surface area contributed by atoms with E-state index in [4.69, 9.17) is 13.6 Å². The number of nitrogens with zero attached hydrogens (tertiary/aromatic N) is 5. The zero-order valence-electron chi connectivity index (χ0n) is 16.8. The molecule has 1 aliphatic rings. The van der Waals surface area contributed by atoms with E-state index >= 15 is 0 Å². The van der Waals surface area contributed by atoms with Crippen LogP contribution in [0.25, 0.3) is 11.5 Å². The first-order chi connectivity index (χ1) is 14.7. The minimum absolute atomic E-state index is 0.0440. The van der Waals surface area contributed by atoms with Gasteiger partial charge < -0.3 is 13.6 Å². The highest BCUT2D eigenvalue weighted by Gasteiger charge is 2.32. The van der Waals surface area contributed by atoms with Crippen molar-refractivity contribution in [3.63, 3.8) is 0 Å². The first-order valence-electron chi connectivity index (χ1n) is 9.77. The first-order valence-corrected chi connectivity index (χ1v) is 9.77. The van der Waals surface area contributed by atoms with E-state index in [0.717, 1.165) is 24.3 Å². The summed E-state index contributed by atoms with van der Waals surface area (Å²) in [5.74, 6) is 2.97. The lowest BCUT2D eigenvalue weighted by molar-refractivity contribution is 0.125. The molecule has 152 valence electrons. The number of hydrogen-bond acceptors (Lipinski definition) is 8. The molecule has 0 bridgehead atoms. The van der Waals surface area contributed by atoms with Gasteiger partial charge in [0.15, 0.2) is 0 Å². The molecule has 0 saturated carbocycles. The number of aryl methyl sites for hydroxylation is 1. The smallest absolute Gasteiger partial charge is 0.247 e. The highest BCUT2D eigenvalue weighted by atomic mass is 16.5. The Morgan fingerprint density at radius 3 is 2.50 bits per heavy atom. The van der Waals surface area contributed by atoms with Crippen molar-refractivity contribution in [2.75, 3.05) is 7.11 Å². The topological polar surface area (TPSA) is 90.3 Å². The number of methoxy groups -OCH3 is 1. The van der Waals surface area contributed by atoms with Gasteiger partial charge in [-0.1, -0.05) is 24.3 Å². The fourth-order valence-electron chi connectivity index (χ4n) is 3.77. The molecule has 2 aromatic heterocycles. The molecule has 0 fully saturated rings. The van der Waals surface area contributed by atoms with Gasteiger partial charge in [-0.2, -0.15) is 0 Å². The highest BCUT2D eigenvalue weighted by Crippen LogP contribution is 2.34. The van der Waals surface area contributed by atoms with E-state index in [1.165, 1.54) is 11.1 Å². The lowest BCUT2D eigenvalue weighted by atomic mass is 9.94. The molecule has 0 radical (unpaired) electrons. The minimum atomic E-state index is -0.0440. The van der Waals surface area contributed by atoms with E-state index in [1.807, 2.05) is 24.3 Å². The monoisotopic (exact) mass is 403 g/mol. The van der Waals surface area contributed by atoms with Gasteiger partial charge in [0.05, 0.1) is 19.7 Å². The largest absolute Gasteiger partial charge is 0.497 e. The lowest BCUT2D eigenvalue weighted by Gasteiger charge is -2.33. The van der Waals surface area contributed by atoms with Gasteiger partial charge >= 0.3 is 0 Å². The summed E-state index contributed by atoms with van der Waals surface area (Å²) in [5, 5.41) is 16.8. The maximum atomic E-state index is 5.95. The number of benzene rings is 2. The Morgan fingerprint density at radius 1 is 0.967 bits per heavy atom. The minimum Gasteiger partial charge on any atom is -0.497 e. The van der Waals surface area contributed by atoms with E-state index in [0.29, 0.717) is 30.1 Å². The first kappa shape index (κ1) is 18.5. The molecular weight excluding hydrogens is 382 g/mol. The molecule has 5 rings (SSSR count). The summed E-state index contributed by atoms with van der Waals surface area (Å²) in [6.45, 7) is 3.03. The molecule has 8 nitrogen and oxygen atoms in total. The van der Waals surface area contributed by atoms with Gasteiger partial charge in [-0.25, -0.2) is 0 Å². The second-order valence-electron chi connectivity index (χ2n) is 7.28. The van der Waals surface area contributed by atoms with Gasteiger partial charge in [-0.15, -0.1) is 20.4 Å². The summed E-state index contributed by atoms with van der Waals surface area (Å²) < 4.78 is 16.9. The number of ether oxygens (including phenoxy) is 1. The lowest BCUT2D eigenvalue weighted by Crippen LogP contribution is -2.34. The Kier molecular flexibility index (Phi) is 4.76. The van der Waals surface area contributed by atoms with Crippen LogP contribution in [-0.2, 0) is 19.5 Å². The molecule has 3 heterocycles. The number of hydrogen-bond donors (Lipinski definition) is 0. The van der Waals surface area contributed by atoms with Crippen molar-refractivity contribution < 1.29 is 13.6 Å². The van der Waals surface area contributed by atoms with Crippen molar-refractivity contribution >= 4 is 0 Å². The van der Waals surface area contributed by atoms with Crippen LogP contribution in [0.1, 0.15) is 34.8 Å². The quantitative estimate of drug-likeness (QED) is 0.498. The van der Waals surface area contributed by atoms with E-state index in [-0.39, 0.29) is 6.04 Å². The van der Waals surface area contributed by atoms with E-state index in [1.54, 1.807) is 14.0 Å². The zero-order valence-corrected chi connectivity index (χ0v) is 16.8. The van der Waals surface area contributed by atoms with Gasteiger partial charge in [-0.3, -0.25) is 4.90 Å². The Balaban J connectivity index is 1.41. The Morgan fingerprint density at radius 2 is 1.77 bits per heavy atom. The Bertz CT molecular complexity index is 1150. The third kappa shape index (κ3) is 3.57. The van der Waals surface area contributed by atoms with Gasteiger partial charge in [0, 0.05) is 19.0 Å². The van der Waals surface area contributed by atoms with E-state index in [9.17, 15) is 0 Å². The summed E-state index contributed by atoms with van der Waals surface area (Å²) in [6, 6.07) is 15.9. The van der Waals surface area contributed by atoms with Crippen LogP contribution in [0.4, 0.5) is 0 Å². The van der Waals surface area contributed by atoms with Crippen LogP contribution in [0.2, 0.25) is 0 Å². The molecular formula is C22H21N5O3. The second kappa shape index (κ2) is 7.72. The van der Waals surface area contributed by atoms with Gasteiger partial charge in [0.2, 0.25) is 23.6 Å². The Hall–Kier alpha value is -3.52. The molecule has 0 N–H and O–H groups in total. The summed E-state index contributed by atoms with van der Waals surface area (Å²) in [7, 11) is 1.64. The maximum Gasteiger partial charge on any atom is 0.247 e. The molecule has 30 heavy (non-hydrogen) atoms. The zero-order chi connectivity index (χ0) is 20.5. The molecule has 1 unspecified atom stereocenters. The van der Waals surface area contributed by atoms with Crippen LogP contribution in [0, 0.1) is 6.92 Å². The van der Waals surface area contributed by atoms with Crippen molar-refractivity contribution in [3.8, 4) is 17.2 Å². The van der Waals surface area contributed by atoms with Crippen LogP contribution in [0.5, 0.6) is 5.75 Å². The van der Waals surface area contributed by atoms with Crippen LogP contribution in [0.3, 0.4) is 0 Å². The molecule has 0 saturated heterocycles. The van der Waals surface area contributed by atoms with Gasteiger partial charge in [-0.05, 0) is 41.8 Å². The average molecular weight is 403 g/mol. The van der Waals surface area contributed by atoms with Crippen LogP contribution < -0.4 is 4.74 Å². The molecule has 0 spiro atoms. The predicted molar refractivity (Wildman–Crippen MR) is 107 cm³/mol. The standard InChI is InChI=1S/C22H21N5O3/c1-14-23-26-22(29-14)19-11-16-5-3-4-6-17(16)12-27(19)13-20-24-25-21(30-20)15-7-9-18(28-2)10-8-15/h3-10,19H,11-13H2,1-2H3. The second-order valence-corrected chi connectivity index (χ2v) is 7.28. The van der Waals surface area contributed by atoms with Crippen molar-refractivity contribution in [1.29, 1.82) is 0 Å². The van der Waals surface area contributed by atoms with Gasteiger partial charge in [0.25, 0.3) is 0 Å². The number of aromatic nitrogens is 4. The third-order valence-electron chi connectivity index (χ3n) is 5.31. The fourth-order valence-corrected chi connectivity index (χ4v) is 3.77. The average Bonchev–Trinajstić information content (AvgIpc) is 3.42. The molecule has 2 aromatic carbocycles. The van der Waals surface area contributed by atoms with Crippen molar-refractivity contribution in [2.24, 2.45) is 0 Å². The molecule has 8 heteroatoms. The number of fused-ring (bicyclic) bond motifs is 1. The molecule has 0 aliphatic carbocycles. The molecule has 4 aromatic rings. The molecule has 1 aliphatic heterocycles. The van der Waals surface area contributed by atoms with E-state index in [2.05, 4.69) is 49.6 Å². The fraction of sp³-hybridized carbons (Fsp3) is 0.273. The Labute approximate surface area is 173 Å². The maximum absolute atomic E-state index is 5.95. The van der Waals surface area contributed by atoms with Crippen LogP contribution >= 0.6 is 0 Å². The predicted octanol–water partition coefficient (Wildman–Crippen LogP) is 3.74. The number of rotatable bonds is 5. The van der Waals surface area contributed by atoms with Crippen molar-refractivity contribution in [3.05, 3.63) is 77.3 Å². The SMILES string of the molecule is COc1ccc(-c2nnc(CN3Cc4ccccc4CC3c3nnc(C)o3)o2)cc1.